The molecule has 44 heavy (non-hydrogen) atoms. The summed E-state index contributed by atoms with van der Waals surface area (Å²) in [4.78, 5) is 12.8. The van der Waals surface area contributed by atoms with Crippen molar-refractivity contribution >= 4 is 5.91 Å². The Morgan fingerprint density at radius 2 is 1.89 bits per heavy atom. The van der Waals surface area contributed by atoms with Gasteiger partial charge in [-0.15, -0.1) is 0 Å². The molecule has 2 aliphatic heterocycles. The van der Waals surface area contributed by atoms with Crippen LogP contribution in [0.5, 0.6) is 0 Å². The first-order chi connectivity index (χ1) is 20.7. The minimum Gasteiger partial charge on any atom is -0.492 e. The van der Waals surface area contributed by atoms with Crippen LogP contribution < -0.4 is 38.9 Å². The van der Waals surface area contributed by atoms with Crippen molar-refractivity contribution in [2.24, 2.45) is 28.9 Å². The maximum atomic E-state index is 12.8. The van der Waals surface area contributed by atoms with E-state index in [0.717, 1.165) is 0 Å². The minimum atomic E-state index is -1.40. The van der Waals surface area contributed by atoms with Crippen LogP contribution in [0.1, 0.15) is 39.0 Å². The van der Waals surface area contributed by atoms with Crippen molar-refractivity contribution in [1.82, 2.24) is 16.0 Å². The van der Waals surface area contributed by atoms with Gasteiger partial charge in [-0.3, -0.25) is 4.79 Å². The number of nitrogens with one attached hydrogen (secondary N) is 3. The molecule has 2 aliphatic carbocycles. The summed E-state index contributed by atoms with van der Waals surface area (Å²) in [6.07, 6.45) is -3.72. The number of hydrogen-bond donors (Lipinski definition) is 12. The van der Waals surface area contributed by atoms with Gasteiger partial charge in [-0.05, 0) is 58.7 Å². The van der Waals surface area contributed by atoms with E-state index in [1.54, 1.807) is 7.05 Å². The third-order valence-electron chi connectivity index (χ3n) is 9.39. The van der Waals surface area contributed by atoms with Gasteiger partial charge >= 0.3 is 0 Å². The molecule has 0 aromatic carbocycles. The van der Waals surface area contributed by atoms with Crippen LogP contribution in [-0.4, -0.2) is 143 Å². The lowest BCUT2D eigenvalue weighted by Gasteiger charge is -2.50. The lowest BCUT2D eigenvalue weighted by atomic mass is 9.72. The van der Waals surface area contributed by atoms with Crippen LogP contribution in [-0.2, 0) is 19.0 Å². The number of aliphatic hydroxyl groups is 5. The molecular weight excluding hydrogens is 578 g/mol. The molecule has 4 rings (SSSR count). The monoisotopic (exact) mass is 631 g/mol. The Morgan fingerprint density at radius 1 is 1.18 bits per heavy atom. The highest BCUT2D eigenvalue weighted by Gasteiger charge is 2.53. The Bertz CT molecular complexity index is 1000. The number of likely N-dealkylation sites (N-methyl/N-ethyl adjacent to an activating group) is 1. The summed E-state index contributed by atoms with van der Waals surface area (Å²) in [5.74, 6) is -0.867. The van der Waals surface area contributed by atoms with Gasteiger partial charge in [-0.25, -0.2) is 0 Å². The number of carbonyl (C=O) groups is 1. The molecule has 2 heterocycles. The molecule has 0 aromatic heterocycles. The first kappa shape index (κ1) is 35.3. The van der Waals surface area contributed by atoms with E-state index in [9.17, 15) is 30.3 Å². The molecular formula is C28H53N7O9. The SMILES string of the molecule is CN[C@@H]1[C@@H](O)[C@@H](O[C@H]2[C@H](NC(=O)[C@@H](O)CCN)C[C@H](N)C([C@H]3OC(CNCC4(O)CC(N)C4)=CC[C@H]3N)[C@@H]2O)OC[C@]1(C)O. The molecule has 1 amide bonds. The molecule has 2 saturated carbocycles. The normalized spacial score (nSPS) is 45.1. The summed E-state index contributed by atoms with van der Waals surface area (Å²) in [6.45, 7) is 2.11. The number of nitrogens with two attached hydrogens (primary N) is 4. The van der Waals surface area contributed by atoms with E-state index in [1.807, 2.05) is 6.08 Å². The fourth-order valence-corrected chi connectivity index (χ4v) is 7.01. The molecule has 0 bridgehead atoms. The molecule has 12 atom stereocenters. The highest BCUT2D eigenvalue weighted by Crippen LogP contribution is 2.37. The number of aliphatic hydroxyl groups excluding tert-OH is 3. The van der Waals surface area contributed by atoms with E-state index in [-0.39, 0.29) is 32.0 Å². The third-order valence-corrected chi connectivity index (χ3v) is 9.39. The fourth-order valence-electron chi connectivity index (χ4n) is 7.01. The zero-order valence-corrected chi connectivity index (χ0v) is 25.5. The average molecular weight is 632 g/mol. The van der Waals surface area contributed by atoms with Crippen molar-refractivity contribution < 1.29 is 44.5 Å². The van der Waals surface area contributed by atoms with Crippen LogP contribution in [0.15, 0.2) is 11.8 Å². The molecule has 4 aliphatic rings. The van der Waals surface area contributed by atoms with Crippen molar-refractivity contribution in [3.05, 3.63) is 11.8 Å². The predicted octanol–water partition coefficient (Wildman–Crippen LogP) is -5.23. The number of ether oxygens (including phenoxy) is 3. The van der Waals surface area contributed by atoms with Crippen LogP contribution in [0, 0.1) is 5.92 Å². The van der Waals surface area contributed by atoms with E-state index in [0.29, 0.717) is 38.1 Å². The first-order valence-electron chi connectivity index (χ1n) is 15.5. The molecule has 0 aromatic rings. The van der Waals surface area contributed by atoms with E-state index in [1.165, 1.54) is 6.92 Å². The quantitative estimate of drug-likeness (QED) is 0.0958. The summed E-state index contributed by atoms with van der Waals surface area (Å²) in [6, 6.07) is -2.92. The summed E-state index contributed by atoms with van der Waals surface area (Å²) in [7, 11) is 1.58. The molecule has 1 unspecified atom stereocenters. The Labute approximate surface area is 257 Å². The highest BCUT2D eigenvalue weighted by atomic mass is 16.7. The summed E-state index contributed by atoms with van der Waals surface area (Å²) >= 11 is 0. The Hall–Kier alpha value is -1.51. The highest BCUT2D eigenvalue weighted by molar-refractivity contribution is 5.80. The van der Waals surface area contributed by atoms with Crippen molar-refractivity contribution in [3.63, 3.8) is 0 Å². The van der Waals surface area contributed by atoms with Crippen molar-refractivity contribution in [3.8, 4) is 0 Å². The van der Waals surface area contributed by atoms with Crippen LogP contribution in [0.2, 0.25) is 0 Å². The molecule has 254 valence electrons. The van der Waals surface area contributed by atoms with Gasteiger partial charge in [0, 0.05) is 30.6 Å². The molecule has 0 spiro atoms. The van der Waals surface area contributed by atoms with Crippen molar-refractivity contribution in [1.29, 1.82) is 0 Å². The van der Waals surface area contributed by atoms with Gasteiger partial charge in [0.25, 0.3) is 0 Å². The van der Waals surface area contributed by atoms with Gasteiger partial charge in [0.1, 0.15) is 35.8 Å². The largest absolute Gasteiger partial charge is 0.492 e. The van der Waals surface area contributed by atoms with Crippen LogP contribution >= 0.6 is 0 Å². The van der Waals surface area contributed by atoms with E-state index in [2.05, 4.69) is 16.0 Å². The molecule has 0 radical (unpaired) electrons. The zero-order valence-electron chi connectivity index (χ0n) is 25.5. The van der Waals surface area contributed by atoms with E-state index in [4.69, 9.17) is 37.1 Å². The standard InChI is InChI=1S/C28H53N7O9/c1-27(40)12-42-26(21(38)24(27)33-2)44-23-17(35-25(39)18(36)5-6-29)7-16(32)19(20(23)37)22-15(31)4-3-14(43-22)10-34-11-28(41)8-13(30)9-28/h3,13,15-24,26,33-34,36-38,40-41H,4-12,29-32H2,1-2H3,(H,35,39)/t13?,15-,16+,17-,18+,19?,20+,21-,22+,23+,24-,26-,27+,28?/m1/s1. The fraction of sp³-hybridized carbons (Fsp3) is 0.893. The second-order valence-electron chi connectivity index (χ2n) is 13.2. The maximum Gasteiger partial charge on any atom is 0.249 e. The zero-order chi connectivity index (χ0) is 32.4. The number of hydrogen-bond acceptors (Lipinski definition) is 15. The maximum absolute atomic E-state index is 12.8. The Kier molecular flexibility index (Phi) is 11.6. The molecule has 16 N–H and O–H groups in total. The molecule has 3 fully saturated rings. The van der Waals surface area contributed by atoms with Gasteiger partial charge in [0.2, 0.25) is 5.91 Å². The second kappa shape index (κ2) is 14.5. The molecule has 16 nitrogen and oxygen atoms in total. The van der Waals surface area contributed by atoms with Gasteiger partial charge in [0.05, 0.1) is 36.9 Å². The van der Waals surface area contributed by atoms with Crippen molar-refractivity contribution in [2.45, 2.75) is 117 Å². The first-order valence-corrected chi connectivity index (χ1v) is 15.5. The second-order valence-corrected chi connectivity index (χ2v) is 13.2. The predicted molar refractivity (Wildman–Crippen MR) is 158 cm³/mol. The Balaban J connectivity index is 1.50. The van der Waals surface area contributed by atoms with Gasteiger partial charge in [0.15, 0.2) is 6.29 Å². The lowest BCUT2D eigenvalue weighted by Crippen LogP contribution is -2.69. The summed E-state index contributed by atoms with van der Waals surface area (Å²) in [5, 5.41) is 63.0. The van der Waals surface area contributed by atoms with Crippen LogP contribution in [0.4, 0.5) is 0 Å². The number of amides is 1. The number of carbonyl (C=O) groups excluding carboxylic acids is 1. The van der Waals surface area contributed by atoms with E-state index >= 15 is 0 Å². The number of rotatable bonds is 12. The van der Waals surface area contributed by atoms with Gasteiger partial charge in [-0.1, -0.05) is 0 Å². The average Bonchev–Trinajstić information content (AvgIpc) is 2.92. The topological polar surface area (TPSA) is 286 Å². The van der Waals surface area contributed by atoms with Gasteiger partial charge in [-0.2, -0.15) is 0 Å². The molecule has 16 heteroatoms. The minimum absolute atomic E-state index is 0.00583. The smallest absolute Gasteiger partial charge is 0.249 e. The summed E-state index contributed by atoms with van der Waals surface area (Å²) < 4.78 is 18.1. The molecule has 1 saturated heterocycles. The third kappa shape index (κ3) is 7.88. The van der Waals surface area contributed by atoms with Crippen LogP contribution in [0.3, 0.4) is 0 Å². The van der Waals surface area contributed by atoms with Crippen molar-refractivity contribution in [2.75, 3.05) is 33.3 Å². The van der Waals surface area contributed by atoms with Crippen LogP contribution in [0.25, 0.3) is 0 Å². The van der Waals surface area contributed by atoms with E-state index < -0.39 is 84.0 Å². The Morgan fingerprint density at radius 3 is 2.52 bits per heavy atom. The summed E-state index contributed by atoms with van der Waals surface area (Å²) in [5.41, 5.74) is 22.2. The lowest BCUT2D eigenvalue weighted by molar-refractivity contribution is -0.297. The van der Waals surface area contributed by atoms with Gasteiger partial charge < -0.3 is 78.6 Å².